The van der Waals surface area contributed by atoms with Crippen LogP contribution in [0.15, 0.2) is 24.4 Å². The van der Waals surface area contributed by atoms with E-state index in [1.54, 1.807) is 17.4 Å². The fraction of sp³-hybridized carbons (Fsp3) is 0.308. The minimum absolute atomic E-state index is 0.405. The van der Waals surface area contributed by atoms with Crippen LogP contribution in [0.1, 0.15) is 28.5 Å². The second kappa shape index (κ2) is 6.02. The van der Waals surface area contributed by atoms with Crippen molar-refractivity contribution in [1.29, 1.82) is 0 Å². The fourth-order valence-electron chi connectivity index (χ4n) is 1.68. The first-order chi connectivity index (χ1) is 8.60. The molecule has 18 heavy (non-hydrogen) atoms. The number of halogens is 2. The molecule has 0 amide bonds. The summed E-state index contributed by atoms with van der Waals surface area (Å²) >= 11 is 13.5. The zero-order chi connectivity index (χ0) is 13.1. The molecule has 0 aromatic carbocycles. The highest BCUT2D eigenvalue weighted by Gasteiger charge is 2.15. The molecule has 1 N–H and O–H groups in total. The summed E-state index contributed by atoms with van der Waals surface area (Å²) in [6, 6.07) is 5.72. The third-order valence-electron chi connectivity index (χ3n) is 2.61. The highest BCUT2D eigenvalue weighted by atomic mass is 35.5. The number of aromatic nitrogens is 1. The van der Waals surface area contributed by atoms with E-state index in [2.05, 4.69) is 18.0 Å². The minimum atomic E-state index is -0.696. The lowest BCUT2D eigenvalue weighted by atomic mass is 10.1. The summed E-state index contributed by atoms with van der Waals surface area (Å²) < 4.78 is 0. The Hall–Kier alpha value is -0.610. The fourth-order valence-corrected chi connectivity index (χ4v) is 3.18. The van der Waals surface area contributed by atoms with Crippen molar-refractivity contribution in [2.45, 2.75) is 25.9 Å². The van der Waals surface area contributed by atoms with Crippen LogP contribution in [0, 0.1) is 0 Å². The molecule has 2 aromatic rings. The molecule has 0 saturated heterocycles. The second-order valence-corrected chi connectivity index (χ2v) is 6.06. The number of rotatable bonds is 4. The van der Waals surface area contributed by atoms with Gasteiger partial charge in [-0.1, -0.05) is 30.1 Å². The first-order valence-electron chi connectivity index (χ1n) is 5.66. The van der Waals surface area contributed by atoms with Crippen molar-refractivity contribution in [3.63, 3.8) is 0 Å². The molecule has 0 radical (unpaired) electrons. The molecule has 0 aliphatic heterocycles. The lowest BCUT2D eigenvalue weighted by Gasteiger charge is -2.10. The van der Waals surface area contributed by atoms with Crippen molar-refractivity contribution in [3.05, 3.63) is 49.9 Å². The number of hydrogen-bond donors (Lipinski definition) is 1. The van der Waals surface area contributed by atoms with Crippen LogP contribution in [0.2, 0.25) is 10.0 Å². The van der Waals surface area contributed by atoms with Gasteiger partial charge in [-0.05, 0) is 24.6 Å². The van der Waals surface area contributed by atoms with Crippen LogP contribution in [-0.2, 0) is 12.8 Å². The van der Waals surface area contributed by atoms with Crippen LogP contribution in [0.3, 0.4) is 0 Å². The van der Waals surface area contributed by atoms with Gasteiger partial charge in [-0.15, -0.1) is 11.3 Å². The van der Waals surface area contributed by atoms with Crippen LogP contribution < -0.4 is 0 Å². The molecular formula is C13H13Cl2NOS. The summed E-state index contributed by atoms with van der Waals surface area (Å²) in [7, 11) is 0. The first kappa shape index (κ1) is 13.8. The van der Waals surface area contributed by atoms with Gasteiger partial charge in [0, 0.05) is 22.4 Å². The van der Waals surface area contributed by atoms with Crippen molar-refractivity contribution in [1.82, 2.24) is 4.98 Å². The maximum Gasteiger partial charge on any atom is 0.102 e. The highest BCUT2D eigenvalue weighted by molar-refractivity contribution is 7.11. The largest absolute Gasteiger partial charge is 0.386 e. The monoisotopic (exact) mass is 301 g/mol. The zero-order valence-electron chi connectivity index (χ0n) is 9.86. The van der Waals surface area contributed by atoms with Crippen LogP contribution >= 0.6 is 34.5 Å². The molecule has 0 aliphatic rings. The molecule has 0 saturated carbocycles. The average molecular weight is 302 g/mol. The van der Waals surface area contributed by atoms with Gasteiger partial charge in [0.2, 0.25) is 0 Å². The Balaban J connectivity index is 2.13. The maximum atomic E-state index is 10.1. The third kappa shape index (κ3) is 3.23. The molecular weight excluding hydrogens is 289 g/mol. The lowest BCUT2D eigenvalue weighted by molar-refractivity contribution is 0.174. The van der Waals surface area contributed by atoms with Crippen molar-refractivity contribution < 1.29 is 5.11 Å². The Morgan fingerprint density at radius 2 is 2.06 bits per heavy atom. The number of aliphatic hydroxyl groups is 1. The topological polar surface area (TPSA) is 33.1 Å². The molecule has 2 rings (SSSR count). The van der Waals surface area contributed by atoms with Gasteiger partial charge in [0.1, 0.15) is 6.10 Å². The van der Waals surface area contributed by atoms with Crippen molar-refractivity contribution >= 4 is 34.5 Å². The van der Waals surface area contributed by atoms with E-state index in [0.29, 0.717) is 22.2 Å². The number of pyridine rings is 1. The molecule has 0 bridgehead atoms. The van der Waals surface area contributed by atoms with Crippen LogP contribution in [0.5, 0.6) is 0 Å². The summed E-state index contributed by atoms with van der Waals surface area (Å²) in [5, 5.41) is 11.0. The third-order valence-corrected chi connectivity index (χ3v) is 4.37. The zero-order valence-corrected chi connectivity index (χ0v) is 12.2. The van der Waals surface area contributed by atoms with Gasteiger partial charge in [-0.3, -0.25) is 4.98 Å². The number of aryl methyl sites for hydroxylation is 1. The first-order valence-corrected chi connectivity index (χ1v) is 7.24. The molecule has 0 spiro atoms. The van der Waals surface area contributed by atoms with E-state index >= 15 is 0 Å². The van der Waals surface area contributed by atoms with E-state index in [0.717, 1.165) is 11.3 Å². The second-order valence-electron chi connectivity index (χ2n) is 3.96. The van der Waals surface area contributed by atoms with Gasteiger partial charge < -0.3 is 5.11 Å². The minimum Gasteiger partial charge on any atom is -0.386 e. The summed E-state index contributed by atoms with van der Waals surface area (Å²) in [6.45, 7) is 2.11. The number of aliphatic hydroxyl groups excluding tert-OH is 1. The molecule has 5 heteroatoms. The summed E-state index contributed by atoms with van der Waals surface area (Å²) in [5.41, 5.74) is 0.479. The van der Waals surface area contributed by atoms with Gasteiger partial charge >= 0.3 is 0 Å². The summed E-state index contributed by atoms with van der Waals surface area (Å²) in [4.78, 5) is 6.54. The molecule has 1 atom stereocenters. The van der Waals surface area contributed by atoms with Gasteiger partial charge in [0.25, 0.3) is 0 Å². The molecule has 0 aliphatic carbocycles. The Bertz CT molecular complexity index is 542. The van der Waals surface area contributed by atoms with Gasteiger partial charge in [-0.25, -0.2) is 0 Å². The number of thiophene rings is 1. The Kier molecular flexibility index (Phi) is 4.62. The van der Waals surface area contributed by atoms with E-state index in [4.69, 9.17) is 23.2 Å². The van der Waals surface area contributed by atoms with Gasteiger partial charge in [0.15, 0.2) is 0 Å². The smallest absolute Gasteiger partial charge is 0.102 e. The maximum absolute atomic E-state index is 10.1. The number of hydrogen-bond acceptors (Lipinski definition) is 3. The Labute approximate surface area is 120 Å². The van der Waals surface area contributed by atoms with Gasteiger partial charge in [0.05, 0.1) is 15.7 Å². The predicted molar refractivity (Wildman–Crippen MR) is 76.6 cm³/mol. The van der Waals surface area contributed by atoms with E-state index in [9.17, 15) is 5.11 Å². The Morgan fingerprint density at radius 3 is 2.67 bits per heavy atom. The SMILES string of the molecule is CCc1ccc(CC(O)c2ncc(Cl)cc2Cl)s1. The van der Waals surface area contributed by atoms with E-state index < -0.39 is 6.10 Å². The van der Waals surface area contributed by atoms with E-state index in [1.165, 1.54) is 11.1 Å². The number of nitrogens with zero attached hydrogens (tertiary/aromatic N) is 1. The molecule has 2 nitrogen and oxygen atoms in total. The van der Waals surface area contributed by atoms with Crippen molar-refractivity contribution in [2.24, 2.45) is 0 Å². The Morgan fingerprint density at radius 1 is 1.33 bits per heavy atom. The summed E-state index contributed by atoms with van der Waals surface area (Å²) in [6.07, 6.45) is 2.34. The molecule has 2 aromatic heterocycles. The van der Waals surface area contributed by atoms with E-state index in [-0.39, 0.29) is 0 Å². The van der Waals surface area contributed by atoms with Crippen LogP contribution in [0.4, 0.5) is 0 Å². The molecule has 0 fully saturated rings. The van der Waals surface area contributed by atoms with Crippen molar-refractivity contribution in [3.8, 4) is 0 Å². The molecule has 2 heterocycles. The summed E-state index contributed by atoms with van der Waals surface area (Å²) in [5.74, 6) is 0. The van der Waals surface area contributed by atoms with E-state index in [1.807, 2.05) is 6.07 Å². The highest BCUT2D eigenvalue weighted by Crippen LogP contribution is 2.28. The van der Waals surface area contributed by atoms with Gasteiger partial charge in [-0.2, -0.15) is 0 Å². The molecule has 96 valence electrons. The quantitative estimate of drug-likeness (QED) is 0.914. The van der Waals surface area contributed by atoms with Crippen molar-refractivity contribution in [2.75, 3.05) is 0 Å². The van der Waals surface area contributed by atoms with Crippen LogP contribution in [0.25, 0.3) is 0 Å². The predicted octanol–water partition coefficient (Wildman–Crippen LogP) is 4.29. The average Bonchev–Trinajstić information content (AvgIpc) is 2.76. The van der Waals surface area contributed by atoms with Crippen LogP contribution in [-0.4, -0.2) is 10.1 Å². The molecule has 1 unspecified atom stereocenters. The standard InChI is InChI=1S/C13H13Cl2NOS/c1-2-9-3-4-10(18-9)6-12(17)13-11(15)5-8(14)7-16-13/h3-5,7,12,17H,2,6H2,1H3. The lowest BCUT2D eigenvalue weighted by Crippen LogP contribution is -2.04. The normalized spacial score (nSPS) is 12.7.